The standard InChI is InChI=1S/C12H23NO/c1-5-12(14)13-7-6-10(4)11(8-13)9(2)3/h9-11H,5-8H2,1-4H3/t10-,11+/m1/s1. The monoisotopic (exact) mass is 197 g/mol. The van der Waals surface area contributed by atoms with Crippen LogP contribution in [0.2, 0.25) is 0 Å². The van der Waals surface area contributed by atoms with Crippen molar-refractivity contribution >= 4 is 5.91 Å². The summed E-state index contributed by atoms with van der Waals surface area (Å²) < 4.78 is 0. The van der Waals surface area contributed by atoms with Gasteiger partial charge in [0, 0.05) is 19.5 Å². The maximum absolute atomic E-state index is 11.6. The molecule has 0 aromatic heterocycles. The average Bonchev–Trinajstić information content (AvgIpc) is 2.17. The molecule has 0 aromatic carbocycles. The van der Waals surface area contributed by atoms with Crippen LogP contribution < -0.4 is 0 Å². The summed E-state index contributed by atoms with van der Waals surface area (Å²) in [6.45, 7) is 10.7. The second-order valence-corrected chi connectivity index (χ2v) is 4.87. The molecule has 1 amide bonds. The Morgan fingerprint density at radius 3 is 2.64 bits per heavy atom. The normalized spacial score (nSPS) is 28.2. The van der Waals surface area contributed by atoms with Crippen LogP contribution in [0, 0.1) is 17.8 Å². The number of likely N-dealkylation sites (tertiary alicyclic amines) is 1. The molecular formula is C12H23NO. The number of piperidine rings is 1. The van der Waals surface area contributed by atoms with Gasteiger partial charge in [-0.3, -0.25) is 4.79 Å². The van der Waals surface area contributed by atoms with Crippen LogP contribution in [0.5, 0.6) is 0 Å². The predicted octanol–water partition coefficient (Wildman–Crippen LogP) is 2.54. The van der Waals surface area contributed by atoms with Crippen molar-refractivity contribution in [2.24, 2.45) is 17.8 Å². The number of nitrogens with zero attached hydrogens (tertiary/aromatic N) is 1. The lowest BCUT2D eigenvalue weighted by Gasteiger charge is -2.39. The van der Waals surface area contributed by atoms with Gasteiger partial charge in [-0.05, 0) is 24.2 Å². The Bertz CT molecular complexity index is 200. The van der Waals surface area contributed by atoms with Crippen molar-refractivity contribution < 1.29 is 4.79 Å². The van der Waals surface area contributed by atoms with Gasteiger partial charge in [-0.1, -0.05) is 27.7 Å². The van der Waals surface area contributed by atoms with E-state index in [-0.39, 0.29) is 0 Å². The lowest BCUT2D eigenvalue weighted by Crippen LogP contribution is -2.44. The summed E-state index contributed by atoms with van der Waals surface area (Å²) in [5, 5.41) is 0. The lowest BCUT2D eigenvalue weighted by atomic mass is 9.79. The molecule has 1 aliphatic heterocycles. The summed E-state index contributed by atoms with van der Waals surface area (Å²) in [6.07, 6.45) is 1.83. The summed E-state index contributed by atoms with van der Waals surface area (Å²) in [5.41, 5.74) is 0. The van der Waals surface area contributed by atoms with Gasteiger partial charge >= 0.3 is 0 Å². The number of carbonyl (C=O) groups excluding carboxylic acids is 1. The van der Waals surface area contributed by atoms with Crippen molar-refractivity contribution in [1.29, 1.82) is 0 Å². The summed E-state index contributed by atoms with van der Waals surface area (Å²) in [4.78, 5) is 13.6. The molecule has 1 rings (SSSR count). The molecule has 14 heavy (non-hydrogen) atoms. The first kappa shape index (κ1) is 11.5. The number of carbonyl (C=O) groups is 1. The highest BCUT2D eigenvalue weighted by Crippen LogP contribution is 2.29. The van der Waals surface area contributed by atoms with Crippen LogP contribution in [0.4, 0.5) is 0 Å². The van der Waals surface area contributed by atoms with Gasteiger partial charge in [-0.25, -0.2) is 0 Å². The van der Waals surface area contributed by atoms with Gasteiger partial charge in [0.2, 0.25) is 5.91 Å². The highest BCUT2D eigenvalue weighted by Gasteiger charge is 2.29. The third kappa shape index (κ3) is 2.49. The van der Waals surface area contributed by atoms with Crippen molar-refractivity contribution in [3.05, 3.63) is 0 Å². The topological polar surface area (TPSA) is 20.3 Å². The zero-order valence-electron chi connectivity index (χ0n) is 9.92. The van der Waals surface area contributed by atoms with E-state index in [0.717, 1.165) is 19.0 Å². The molecule has 1 heterocycles. The molecule has 0 aromatic rings. The molecule has 2 nitrogen and oxygen atoms in total. The maximum Gasteiger partial charge on any atom is 0.222 e. The van der Waals surface area contributed by atoms with Gasteiger partial charge in [0.25, 0.3) is 0 Å². The van der Waals surface area contributed by atoms with E-state index >= 15 is 0 Å². The van der Waals surface area contributed by atoms with Gasteiger partial charge in [-0.2, -0.15) is 0 Å². The van der Waals surface area contributed by atoms with Gasteiger partial charge < -0.3 is 4.90 Å². The van der Waals surface area contributed by atoms with Crippen LogP contribution in [0.15, 0.2) is 0 Å². The van der Waals surface area contributed by atoms with E-state index in [4.69, 9.17) is 0 Å². The van der Waals surface area contributed by atoms with Crippen LogP contribution in [0.1, 0.15) is 40.5 Å². The van der Waals surface area contributed by atoms with E-state index in [2.05, 4.69) is 20.8 Å². The van der Waals surface area contributed by atoms with Crippen LogP contribution in [0.25, 0.3) is 0 Å². The molecule has 0 saturated carbocycles. The van der Waals surface area contributed by atoms with E-state index in [1.165, 1.54) is 6.42 Å². The lowest BCUT2D eigenvalue weighted by molar-refractivity contribution is -0.133. The molecule has 0 spiro atoms. The highest BCUT2D eigenvalue weighted by molar-refractivity contribution is 5.75. The highest BCUT2D eigenvalue weighted by atomic mass is 16.2. The third-order valence-corrected chi connectivity index (χ3v) is 3.53. The summed E-state index contributed by atoms with van der Waals surface area (Å²) >= 11 is 0. The first-order chi connectivity index (χ1) is 6.56. The molecule has 0 N–H and O–H groups in total. The molecule has 1 aliphatic rings. The molecule has 1 saturated heterocycles. The largest absolute Gasteiger partial charge is 0.342 e. The van der Waals surface area contributed by atoms with Crippen LogP contribution in [-0.4, -0.2) is 23.9 Å². The molecule has 82 valence electrons. The minimum atomic E-state index is 0.322. The number of amides is 1. The number of hydrogen-bond acceptors (Lipinski definition) is 1. The second kappa shape index (κ2) is 4.81. The van der Waals surface area contributed by atoms with Crippen molar-refractivity contribution in [3.63, 3.8) is 0 Å². The van der Waals surface area contributed by atoms with E-state index < -0.39 is 0 Å². The molecule has 0 unspecified atom stereocenters. The zero-order valence-corrected chi connectivity index (χ0v) is 9.92. The second-order valence-electron chi connectivity index (χ2n) is 4.87. The van der Waals surface area contributed by atoms with Gasteiger partial charge in [0.05, 0.1) is 0 Å². The average molecular weight is 197 g/mol. The molecule has 0 aliphatic carbocycles. The Kier molecular flexibility index (Phi) is 3.97. The fraction of sp³-hybridized carbons (Fsp3) is 0.917. The molecule has 2 heteroatoms. The van der Waals surface area contributed by atoms with Crippen LogP contribution in [0.3, 0.4) is 0 Å². The summed E-state index contributed by atoms with van der Waals surface area (Å²) in [7, 11) is 0. The number of hydrogen-bond donors (Lipinski definition) is 0. The Morgan fingerprint density at radius 2 is 2.14 bits per heavy atom. The van der Waals surface area contributed by atoms with Gasteiger partial charge in [0.15, 0.2) is 0 Å². The van der Waals surface area contributed by atoms with Crippen molar-refractivity contribution in [3.8, 4) is 0 Å². The molecular weight excluding hydrogens is 174 g/mol. The minimum Gasteiger partial charge on any atom is -0.342 e. The van der Waals surface area contributed by atoms with Crippen molar-refractivity contribution in [1.82, 2.24) is 4.90 Å². The van der Waals surface area contributed by atoms with Crippen LogP contribution >= 0.6 is 0 Å². The SMILES string of the molecule is CCC(=O)N1CC[C@@H](C)[C@H](C(C)C)C1. The zero-order chi connectivity index (χ0) is 10.7. The Hall–Kier alpha value is -0.530. The van der Waals surface area contributed by atoms with Gasteiger partial charge in [-0.15, -0.1) is 0 Å². The van der Waals surface area contributed by atoms with E-state index in [1.54, 1.807) is 0 Å². The minimum absolute atomic E-state index is 0.322. The quantitative estimate of drug-likeness (QED) is 0.666. The molecule has 1 fully saturated rings. The van der Waals surface area contributed by atoms with E-state index in [1.807, 2.05) is 11.8 Å². The Morgan fingerprint density at radius 1 is 1.50 bits per heavy atom. The molecule has 2 atom stereocenters. The summed E-state index contributed by atoms with van der Waals surface area (Å²) in [6, 6.07) is 0. The summed E-state index contributed by atoms with van der Waals surface area (Å²) in [5.74, 6) is 2.48. The number of rotatable bonds is 2. The van der Waals surface area contributed by atoms with Gasteiger partial charge in [0.1, 0.15) is 0 Å². The third-order valence-electron chi connectivity index (χ3n) is 3.53. The fourth-order valence-corrected chi connectivity index (χ4v) is 2.42. The van der Waals surface area contributed by atoms with Crippen molar-refractivity contribution in [2.45, 2.75) is 40.5 Å². The smallest absolute Gasteiger partial charge is 0.222 e. The predicted molar refractivity (Wildman–Crippen MR) is 59.0 cm³/mol. The first-order valence-electron chi connectivity index (χ1n) is 5.84. The Balaban J connectivity index is 2.57. The van der Waals surface area contributed by atoms with Crippen molar-refractivity contribution in [2.75, 3.05) is 13.1 Å². The first-order valence-corrected chi connectivity index (χ1v) is 5.84. The molecule has 0 bridgehead atoms. The Labute approximate surface area is 87.7 Å². The fourth-order valence-electron chi connectivity index (χ4n) is 2.42. The van der Waals surface area contributed by atoms with E-state index in [0.29, 0.717) is 24.2 Å². The molecule has 0 radical (unpaired) electrons. The maximum atomic E-state index is 11.6. The van der Waals surface area contributed by atoms with Crippen LogP contribution in [-0.2, 0) is 4.79 Å². The van der Waals surface area contributed by atoms with E-state index in [9.17, 15) is 4.79 Å².